The van der Waals surface area contributed by atoms with Gasteiger partial charge in [0.05, 0.1) is 6.54 Å². The van der Waals surface area contributed by atoms with E-state index < -0.39 is 0 Å². The van der Waals surface area contributed by atoms with Crippen LogP contribution in [-0.4, -0.2) is 32.9 Å². The lowest BCUT2D eigenvalue weighted by molar-refractivity contribution is -0.120. The minimum atomic E-state index is -0.268. The monoisotopic (exact) mass is 281 g/mol. The van der Waals surface area contributed by atoms with Crippen molar-refractivity contribution in [3.8, 4) is 0 Å². The average Bonchev–Trinajstić information content (AvgIpc) is 2.23. The van der Waals surface area contributed by atoms with Crippen LogP contribution < -0.4 is 16.4 Å². The summed E-state index contributed by atoms with van der Waals surface area (Å²) in [6.07, 6.45) is 0. The van der Waals surface area contributed by atoms with E-state index in [4.69, 9.17) is 18.0 Å². The first-order valence-corrected chi connectivity index (χ1v) is 6.28. The zero-order valence-corrected chi connectivity index (χ0v) is 12.4. The van der Waals surface area contributed by atoms with Crippen LogP contribution in [-0.2, 0) is 4.79 Å². The molecule has 0 aromatic carbocycles. The SMILES string of the molecule is Cc1cc(C(N)=S)nc(NCC(=O)NC(C)(C)C)n1. The van der Waals surface area contributed by atoms with Crippen molar-refractivity contribution in [2.24, 2.45) is 5.73 Å². The van der Waals surface area contributed by atoms with Crippen molar-refractivity contribution in [2.45, 2.75) is 33.2 Å². The van der Waals surface area contributed by atoms with Gasteiger partial charge in [-0.05, 0) is 33.8 Å². The molecule has 0 saturated carbocycles. The highest BCUT2D eigenvalue weighted by Crippen LogP contribution is 2.05. The van der Waals surface area contributed by atoms with Crippen LogP contribution >= 0.6 is 12.2 Å². The molecule has 1 aromatic rings. The summed E-state index contributed by atoms with van der Waals surface area (Å²) in [7, 11) is 0. The summed E-state index contributed by atoms with van der Waals surface area (Å²) < 4.78 is 0. The number of carbonyl (C=O) groups excluding carboxylic acids is 1. The Morgan fingerprint density at radius 2 is 2.05 bits per heavy atom. The first-order chi connectivity index (χ1) is 8.67. The largest absolute Gasteiger partial charge is 0.388 e. The van der Waals surface area contributed by atoms with Gasteiger partial charge in [0.1, 0.15) is 10.7 Å². The molecule has 1 heterocycles. The van der Waals surface area contributed by atoms with Crippen molar-refractivity contribution in [1.82, 2.24) is 15.3 Å². The van der Waals surface area contributed by atoms with Crippen molar-refractivity contribution in [2.75, 3.05) is 11.9 Å². The third-order valence-electron chi connectivity index (χ3n) is 2.03. The molecule has 0 fully saturated rings. The fourth-order valence-corrected chi connectivity index (χ4v) is 1.50. The second-order valence-electron chi connectivity index (χ2n) is 5.23. The van der Waals surface area contributed by atoms with Crippen LogP contribution in [0.4, 0.5) is 5.95 Å². The molecule has 0 aliphatic heterocycles. The third-order valence-corrected chi connectivity index (χ3v) is 2.24. The summed E-state index contributed by atoms with van der Waals surface area (Å²) in [6.45, 7) is 7.65. The molecule has 0 radical (unpaired) electrons. The fraction of sp³-hybridized carbons (Fsp3) is 0.500. The lowest BCUT2D eigenvalue weighted by Gasteiger charge is -2.20. The highest BCUT2D eigenvalue weighted by Gasteiger charge is 2.13. The Balaban J connectivity index is 2.68. The molecule has 0 spiro atoms. The van der Waals surface area contributed by atoms with Crippen LogP contribution in [0, 0.1) is 6.92 Å². The minimum absolute atomic E-state index is 0.0947. The van der Waals surface area contributed by atoms with Crippen LogP contribution in [0.2, 0.25) is 0 Å². The van der Waals surface area contributed by atoms with E-state index in [-0.39, 0.29) is 23.0 Å². The normalized spacial score (nSPS) is 10.9. The molecule has 6 nitrogen and oxygen atoms in total. The average molecular weight is 281 g/mol. The van der Waals surface area contributed by atoms with E-state index in [1.807, 2.05) is 27.7 Å². The van der Waals surface area contributed by atoms with Gasteiger partial charge in [-0.3, -0.25) is 4.79 Å². The maximum atomic E-state index is 11.7. The molecule has 0 aliphatic carbocycles. The van der Waals surface area contributed by atoms with E-state index in [1.54, 1.807) is 6.07 Å². The van der Waals surface area contributed by atoms with Crippen molar-refractivity contribution < 1.29 is 4.79 Å². The van der Waals surface area contributed by atoms with Gasteiger partial charge in [0.25, 0.3) is 0 Å². The Morgan fingerprint density at radius 3 is 2.58 bits per heavy atom. The lowest BCUT2D eigenvalue weighted by atomic mass is 10.1. The summed E-state index contributed by atoms with van der Waals surface area (Å²) in [5.41, 5.74) is 6.48. The molecule has 104 valence electrons. The minimum Gasteiger partial charge on any atom is -0.388 e. The highest BCUT2D eigenvalue weighted by atomic mass is 32.1. The Hall–Kier alpha value is -1.76. The topological polar surface area (TPSA) is 92.9 Å². The molecule has 0 aliphatic rings. The summed E-state index contributed by atoms with van der Waals surface area (Å²) in [6, 6.07) is 1.70. The van der Waals surface area contributed by atoms with E-state index in [9.17, 15) is 4.79 Å². The van der Waals surface area contributed by atoms with E-state index in [0.29, 0.717) is 11.6 Å². The Morgan fingerprint density at radius 1 is 1.42 bits per heavy atom. The van der Waals surface area contributed by atoms with Crippen LogP contribution in [0.5, 0.6) is 0 Å². The van der Waals surface area contributed by atoms with Gasteiger partial charge in [-0.1, -0.05) is 12.2 Å². The van der Waals surface area contributed by atoms with Crippen molar-refractivity contribution >= 4 is 29.1 Å². The van der Waals surface area contributed by atoms with Gasteiger partial charge in [0.2, 0.25) is 11.9 Å². The van der Waals surface area contributed by atoms with Gasteiger partial charge in [-0.25, -0.2) is 9.97 Å². The van der Waals surface area contributed by atoms with E-state index >= 15 is 0 Å². The van der Waals surface area contributed by atoms with Crippen LogP contribution in [0.15, 0.2) is 6.07 Å². The summed E-state index contributed by atoms with van der Waals surface area (Å²) in [5.74, 6) is 0.210. The molecular weight excluding hydrogens is 262 g/mol. The van der Waals surface area contributed by atoms with Gasteiger partial charge < -0.3 is 16.4 Å². The Kier molecular flexibility index (Phi) is 4.77. The number of thiocarbonyl (C=S) groups is 1. The summed E-state index contributed by atoms with van der Waals surface area (Å²) in [5, 5.41) is 5.69. The fourth-order valence-electron chi connectivity index (χ4n) is 1.40. The number of aromatic nitrogens is 2. The molecule has 0 unspecified atom stereocenters. The lowest BCUT2D eigenvalue weighted by Crippen LogP contribution is -2.43. The summed E-state index contributed by atoms with van der Waals surface area (Å²) >= 11 is 4.87. The number of rotatable bonds is 4. The molecule has 0 bridgehead atoms. The number of nitrogens with two attached hydrogens (primary N) is 1. The quantitative estimate of drug-likeness (QED) is 0.705. The number of nitrogens with one attached hydrogen (secondary N) is 2. The molecule has 0 atom stereocenters. The van der Waals surface area contributed by atoms with E-state index in [1.165, 1.54) is 0 Å². The number of amides is 1. The number of aryl methyl sites for hydroxylation is 1. The van der Waals surface area contributed by atoms with Crippen molar-refractivity contribution in [3.63, 3.8) is 0 Å². The first kappa shape index (κ1) is 15.3. The van der Waals surface area contributed by atoms with Gasteiger partial charge in [-0.2, -0.15) is 0 Å². The molecule has 1 aromatic heterocycles. The van der Waals surface area contributed by atoms with Crippen LogP contribution in [0.1, 0.15) is 32.2 Å². The van der Waals surface area contributed by atoms with E-state index in [2.05, 4.69) is 20.6 Å². The van der Waals surface area contributed by atoms with Crippen molar-refractivity contribution in [1.29, 1.82) is 0 Å². The Bertz CT molecular complexity index is 495. The standard InChI is InChI=1S/C12H19N5OS/c1-7-5-8(10(13)19)16-11(15-7)14-6-9(18)17-12(2,3)4/h5H,6H2,1-4H3,(H2,13,19)(H,17,18)(H,14,15,16). The smallest absolute Gasteiger partial charge is 0.239 e. The van der Waals surface area contributed by atoms with Crippen molar-refractivity contribution in [3.05, 3.63) is 17.5 Å². The molecule has 19 heavy (non-hydrogen) atoms. The van der Waals surface area contributed by atoms with Gasteiger partial charge in [-0.15, -0.1) is 0 Å². The predicted molar refractivity (Wildman–Crippen MR) is 79.0 cm³/mol. The molecule has 0 saturated heterocycles. The number of hydrogen-bond donors (Lipinski definition) is 3. The van der Waals surface area contributed by atoms with Gasteiger partial charge in [0.15, 0.2) is 0 Å². The second kappa shape index (κ2) is 5.92. The molecule has 7 heteroatoms. The van der Waals surface area contributed by atoms with E-state index in [0.717, 1.165) is 5.69 Å². The predicted octanol–water partition coefficient (Wildman–Crippen LogP) is 0.746. The van der Waals surface area contributed by atoms with Gasteiger partial charge >= 0.3 is 0 Å². The number of nitrogens with zero attached hydrogens (tertiary/aromatic N) is 2. The maximum absolute atomic E-state index is 11.7. The number of carbonyl (C=O) groups is 1. The van der Waals surface area contributed by atoms with Crippen LogP contribution in [0.25, 0.3) is 0 Å². The molecule has 1 rings (SSSR count). The zero-order valence-electron chi connectivity index (χ0n) is 11.6. The zero-order chi connectivity index (χ0) is 14.6. The second-order valence-corrected chi connectivity index (χ2v) is 5.67. The number of hydrogen-bond acceptors (Lipinski definition) is 5. The Labute approximate surface area is 118 Å². The summed E-state index contributed by atoms with van der Waals surface area (Å²) in [4.78, 5) is 20.2. The first-order valence-electron chi connectivity index (χ1n) is 5.88. The maximum Gasteiger partial charge on any atom is 0.239 e. The molecule has 4 N–H and O–H groups in total. The van der Waals surface area contributed by atoms with Crippen LogP contribution in [0.3, 0.4) is 0 Å². The van der Waals surface area contributed by atoms with Gasteiger partial charge in [0, 0.05) is 11.2 Å². The molecule has 1 amide bonds. The molecular formula is C12H19N5OS. The third kappa shape index (κ3) is 5.60. The highest BCUT2D eigenvalue weighted by molar-refractivity contribution is 7.80. The number of anilines is 1.